The van der Waals surface area contributed by atoms with Crippen LogP contribution in [-0.4, -0.2) is 23.4 Å². The molecule has 1 aromatic rings. The molecule has 0 spiro atoms. The molecule has 0 aliphatic heterocycles. The highest BCUT2D eigenvalue weighted by molar-refractivity contribution is 5.85. The van der Waals surface area contributed by atoms with Gasteiger partial charge in [-0.3, -0.25) is 14.9 Å². The monoisotopic (exact) mass is 315 g/mol. The van der Waals surface area contributed by atoms with Crippen molar-refractivity contribution in [3.05, 3.63) is 39.9 Å². The van der Waals surface area contributed by atoms with E-state index in [1.165, 1.54) is 12.1 Å². The van der Waals surface area contributed by atoms with Crippen LogP contribution in [0.5, 0.6) is 0 Å². The van der Waals surface area contributed by atoms with E-state index >= 15 is 0 Å². The second-order valence-electron chi connectivity index (χ2n) is 5.81. The molecule has 6 nitrogen and oxygen atoms in total. The predicted molar refractivity (Wildman–Crippen MR) is 84.5 cm³/mol. The minimum Gasteiger partial charge on any atom is -0.354 e. The van der Waals surface area contributed by atoms with Gasteiger partial charge in [0.15, 0.2) is 0 Å². The van der Waals surface area contributed by atoms with Crippen molar-refractivity contribution in [3.8, 4) is 0 Å². The number of halogens is 1. The van der Waals surface area contributed by atoms with Gasteiger partial charge in [0.05, 0.1) is 11.0 Å². The number of nitrogens with zero attached hydrogens (tertiary/aromatic N) is 1. The minimum atomic E-state index is -0.556. The van der Waals surface area contributed by atoms with Gasteiger partial charge < -0.3 is 11.1 Å². The Morgan fingerprint density at radius 2 is 1.86 bits per heavy atom. The fourth-order valence-corrected chi connectivity index (χ4v) is 1.62. The van der Waals surface area contributed by atoms with Gasteiger partial charge in [0.25, 0.3) is 5.69 Å². The number of rotatable bonds is 5. The lowest BCUT2D eigenvalue weighted by molar-refractivity contribution is -0.384. The number of carbonyl (C=O) groups is 1. The van der Waals surface area contributed by atoms with E-state index in [-0.39, 0.29) is 29.4 Å². The first-order valence-electron chi connectivity index (χ1n) is 6.48. The average Bonchev–Trinajstić information content (AvgIpc) is 2.37. The lowest BCUT2D eigenvalue weighted by Crippen LogP contribution is -2.48. The zero-order chi connectivity index (χ0) is 15.3. The molecule has 1 aromatic carbocycles. The number of nitrogens with one attached hydrogen (secondary N) is 1. The minimum absolute atomic E-state index is 0. The van der Waals surface area contributed by atoms with Crippen LogP contribution in [0, 0.1) is 15.5 Å². The fraction of sp³-hybridized carbons (Fsp3) is 0.500. The van der Waals surface area contributed by atoms with Gasteiger partial charge in [-0.1, -0.05) is 32.9 Å². The Morgan fingerprint density at radius 3 is 2.29 bits per heavy atom. The van der Waals surface area contributed by atoms with Crippen LogP contribution in [-0.2, 0) is 11.2 Å². The fourth-order valence-electron chi connectivity index (χ4n) is 1.62. The molecule has 7 heteroatoms. The largest absolute Gasteiger partial charge is 0.354 e. The van der Waals surface area contributed by atoms with E-state index in [2.05, 4.69) is 5.32 Å². The number of carbonyl (C=O) groups excluding carboxylic acids is 1. The molecule has 0 heterocycles. The average molecular weight is 316 g/mol. The molecule has 0 bridgehead atoms. The quantitative estimate of drug-likeness (QED) is 0.641. The summed E-state index contributed by atoms with van der Waals surface area (Å²) >= 11 is 0. The van der Waals surface area contributed by atoms with Crippen LogP contribution < -0.4 is 11.1 Å². The summed E-state index contributed by atoms with van der Waals surface area (Å²) in [5, 5.41) is 13.3. The number of nitrogens with two attached hydrogens (primary N) is 1. The van der Waals surface area contributed by atoms with E-state index in [1.807, 2.05) is 20.8 Å². The first kappa shape index (κ1) is 19.3. The number of hydrogen-bond donors (Lipinski definition) is 2. The van der Waals surface area contributed by atoms with Gasteiger partial charge in [0, 0.05) is 18.7 Å². The molecule has 0 unspecified atom stereocenters. The van der Waals surface area contributed by atoms with Gasteiger partial charge in [-0.05, 0) is 17.4 Å². The maximum atomic E-state index is 11.8. The van der Waals surface area contributed by atoms with E-state index in [0.717, 1.165) is 5.56 Å². The summed E-state index contributed by atoms with van der Waals surface area (Å²) in [4.78, 5) is 21.9. The van der Waals surface area contributed by atoms with Crippen molar-refractivity contribution in [1.29, 1.82) is 0 Å². The molecule has 3 N–H and O–H groups in total. The third-order valence-corrected chi connectivity index (χ3v) is 3.08. The molecule has 21 heavy (non-hydrogen) atoms. The van der Waals surface area contributed by atoms with Crippen molar-refractivity contribution in [3.63, 3.8) is 0 Å². The Morgan fingerprint density at radius 1 is 1.33 bits per heavy atom. The topological polar surface area (TPSA) is 98.3 Å². The standard InChI is InChI=1S/C14H21N3O3.ClH/c1-14(2,3)12(15)13(18)16-9-8-10-4-6-11(7-5-10)17(19)20;/h4-7,12H,8-9,15H2,1-3H3,(H,16,18);1H/t12-;/m1./s1. The first-order valence-corrected chi connectivity index (χ1v) is 6.48. The number of nitro benzene ring substituents is 1. The van der Waals surface area contributed by atoms with Gasteiger partial charge in [-0.25, -0.2) is 0 Å². The van der Waals surface area contributed by atoms with Crippen molar-refractivity contribution < 1.29 is 9.72 Å². The molecule has 0 radical (unpaired) electrons. The predicted octanol–water partition coefficient (Wildman–Crippen LogP) is 2.05. The molecule has 0 aliphatic rings. The second kappa shape index (κ2) is 7.95. The number of non-ortho nitro benzene ring substituents is 1. The molecule has 118 valence electrons. The Kier molecular flexibility index (Phi) is 7.32. The highest BCUT2D eigenvalue weighted by atomic mass is 35.5. The molecule has 0 fully saturated rings. The number of amides is 1. The zero-order valence-electron chi connectivity index (χ0n) is 12.5. The molecule has 0 aromatic heterocycles. The molecule has 1 amide bonds. The zero-order valence-corrected chi connectivity index (χ0v) is 13.3. The Balaban J connectivity index is 0.00000400. The molecule has 1 atom stereocenters. The van der Waals surface area contributed by atoms with Crippen molar-refractivity contribution in [2.75, 3.05) is 6.54 Å². The number of hydrogen-bond acceptors (Lipinski definition) is 4. The SMILES string of the molecule is CC(C)(C)[C@H](N)C(=O)NCCc1ccc([N+](=O)[O-])cc1.Cl. The van der Waals surface area contributed by atoms with Gasteiger partial charge >= 0.3 is 0 Å². The third-order valence-electron chi connectivity index (χ3n) is 3.08. The van der Waals surface area contributed by atoms with Crippen LogP contribution in [0.15, 0.2) is 24.3 Å². The lowest BCUT2D eigenvalue weighted by Gasteiger charge is -2.25. The van der Waals surface area contributed by atoms with Crippen LogP contribution >= 0.6 is 12.4 Å². The Hall–Kier alpha value is -1.66. The third kappa shape index (κ3) is 6.10. The molecule has 0 aliphatic carbocycles. The Labute approximate surface area is 130 Å². The van der Waals surface area contributed by atoms with Gasteiger partial charge in [-0.15, -0.1) is 12.4 Å². The number of nitro groups is 1. The summed E-state index contributed by atoms with van der Waals surface area (Å²) in [6.07, 6.45) is 0.612. The van der Waals surface area contributed by atoms with E-state index in [0.29, 0.717) is 13.0 Å². The summed E-state index contributed by atoms with van der Waals surface area (Å²) in [5.74, 6) is -0.181. The van der Waals surface area contributed by atoms with Gasteiger partial charge in [0.1, 0.15) is 0 Å². The maximum Gasteiger partial charge on any atom is 0.269 e. The summed E-state index contributed by atoms with van der Waals surface area (Å²) in [5.41, 5.74) is 6.55. The lowest BCUT2D eigenvalue weighted by atomic mass is 9.87. The molecule has 0 saturated heterocycles. The van der Waals surface area contributed by atoms with Crippen molar-refractivity contribution in [2.24, 2.45) is 11.1 Å². The van der Waals surface area contributed by atoms with Crippen LogP contribution in [0.2, 0.25) is 0 Å². The van der Waals surface area contributed by atoms with E-state index in [1.54, 1.807) is 12.1 Å². The molecular formula is C14H22ClN3O3. The smallest absolute Gasteiger partial charge is 0.269 e. The molecule has 1 rings (SSSR count). The van der Waals surface area contributed by atoms with Crippen LogP contribution in [0.25, 0.3) is 0 Å². The summed E-state index contributed by atoms with van der Waals surface area (Å²) in [7, 11) is 0. The maximum absolute atomic E-state index is 11.8. The van der Waals surface area contributed by atoms with Crippen LogP contribution in [0.4, 0.5) is 5.69 Å². The van der Waals surface area contributed by atoms with Crippen molar-refractivity contribution >= 4 is 24.0 Å². The normalized spacial score (nSPS) is 12.2. The highest BCUT2D eigenvalue weighted by Crippen LogP contribution is 2.17. The van der Waals surface area contributed by atoms with Crippen LogP contribution in [0.1, 0.15) is 26.3 Å². The summed E-state index contributed by atoms with van der Waals surface area (Å²) in [6.45, 7) is 6.19. The van der Waals surface area contributed by atoms with Crippen LogP contribution in [0.3, 0.4) is 0 Å². The number of benzene rings is 1. The highest BCUT2D eigenvalue weighted by Gasteiger charge is 2.26. The second-order valence-corrected chi connectivity index (χ2v) is 5.81. The van der Waals surface area contributed by atoms with Gasteiger partial charge in [-0.2, -0.15) is 0 Å². The van der Waals surface area contributed by atoms with E-state index < -0.39 is 11.0 Å². The Bertz CT molecular complexity index is 483. The van der Waals surface area contributed by atoms with Gasteiger partial charge in [0.2, 0.25) is 5.91 Å². The van der Waals surface area contributed by atoms with E-state index in [4.69, 9.17) is 5.73 Å². The van der Waals surface area contributed by atoms with Crippen molar-refractivity contribution in [1.82, 2.24) is 5.32 Å². The first-order chi connectivity index (χ1) is 9.21. The molecular weight excluding hydrogens is 294 g/mol. The molecule has 0 saturated carbocycles. The summed E-state index contributed by atoms with van der Waals surface area (Å²) < 4.78 is 0. The van der Waals surface area contributed by atoms with E-state index in [9.17, 15) is 14.9 Å². The summed E-state index contributed by atoms with van der Waals surface area (Å²) in [6, 6.07) is 5.73. The van der Waals surface area contributed by atoms with Crippen molar-refractivity contribution in [2.45, 2.75) is 33.2 Å².